The highest BCUT2D eigenvalue weighted by molar-refractivity contribution is 5.94. The van der Waals surface area contributed by atoms with Crippen molar-refractivity contribution in [2.24, 2.45) is 0 Å². The van der Waals surface area contributed by atoms with Crippen LogP contribution in [0.3, 0.4) is 0 Å². The van der Waals surface area contributed by atoms with E-state index in [0.29, 0.717) is 13.1 Å². The summed E-state index contributed by atoms with van der Waals surface area (Å²) >= 11 is 0. The first-order valence-electron chi connectivity index (χ1n) is 5.18. The summed E-state index contributed by atoms with van der Waals surface area (Å²) in [5.41, 5.74) is 0. The number of likely N-dealkylation sites (N-methyl/N-ethyl adjacent to an activating group) is 1. The Morgan fingerprint density at radius 1 is 1.20 bits per heavy atom. The zero-order valence-corrected chi connectivity index (χ0v) is 9.82. The molecule has 0 aromatic carbocycles. The lowest BCUT2D eigenvalue weighted by atomic mass is 10.4. The average molecular weight is 213 g/mol. The van der Waals surface area contributed by atoms with Crippen LogP contribution < -0.4 is 0 Å². The molecule has 0 aliphatic heterocycles. The number of carbonyl (C=O) groups excluding carboxylic acids is 2. The van der Waals surface area contributed by atoms with Gasteiger partial charge in [0, 0.05) is 25.2 Å². The molecular weight excluding hydrogens is 194 g/mol. The monoisotopic (exact) mass is 213 g/mol. The first-order valence-corrected chi connectivity index (χ1v) is 5.18. The van der Waals surface area contributed by atoms with Gasteiger partial charge >= 0.3 is 5.97 Å². The van der Waals surface area contributed by atoms with E-state index in [-0.39, 0.29) is 12.0 Å². The molecule has 86 valence electrons. The Hall–Kier alpha value is -1.32. The minimum absolute atomic E-state index is 0.161. The van der Waals surface area contributed by atoms with E-state index in [1.165, 1.54) is 12.2 Å². The molecule has 0 radical (unpaired) electrons. The predicted molar refractivity (Wildman–Crippen MR) is 58.3 cm³/mol. The molecule has 0 rings (SSSR count). The highest BCUT2D eigenvalue weighted by Crippen LogP contribution is 1.93. The Morgan fingerprint density at radius 3 is 2.13 bits per heavy atom. The van der Waals surface area contributed by atoms with E-state index in [9.17, 15) is 9.59 Å². The number of esters is 1. The van der Waals surface area contributed by atoms with E-state index in [0.717, 1.165) is 0 Å². The van der Waals surface area contributed by atoms with Gasteiger partial charge in [0.15, 0.2) is 0 Å². The summed E-state index contributed by atoms with van der Waals surface area (Å²) in [6, 6.07) is 0. The summed E-state index contributed by atoms with van der Waals surface area (Å²) in [5, 5.41) is 0. The molecule has 0 bridgehead atoms. The van der Waals surface area contributed by atoms with E-state index in [2.05, 4.69) is 0 Å². The molecule has 1 amide bonds. The van der Waals surface area contributed by atoms with Gasteiger partial charge in [-0.15, -0.1) is 0 Å². The Balaban J connectivity index is 4.15. The minimum atomic E-state index is -0.481. The number of hydrogen-bond donors (Lipinski definition) is 0. The van der Waals surface area contributed by atoms with Gasteiger partial charge in [-0.3, -0.25) is 4.79 Å². The van der Waals surface area contributed by atoms with Crippen LogP contribution in [0, 0.1) is 0 Å². The fraction of sp³-hybridized carbons (Fsp3) is 0.636. The summed E-state index contributed by atoms with van der Waals surface area (Å²) in [6.07, 6.45) is 2.25. The predicted octanol–water partition coefficient (Wildman–Crippen LogP) is 1.36. The van der Waals surface area contributed by atoms with Crippen molar-refractivity contribution in [1.82, 2.24) is 4.90 Å². The Bertz CT molecular complexity index is 242. The second kappa shape index (κ2) is 7.04. The van der Waals surface area contributed by atoms with Gasteiger partial charge in [0.2, 0.25) is 5.91 Å². The molecular formula is C11H19NO3. The van der Waals surface area contributed by atoms with E-state index in [4.69, 9.17) is 4.74 Å². The number of nitrogens with zero attached hydrogens (tertiary/aromatic N) is 1. The van der Waals surface area contributed by atoms with Gasteiger partial charge < -0.3 is 9.64 Å². The molecule has 0 heterocycles. The SMILES string of the molecule is CCN(CC)C(=O)/C=C\C(=O)OC(C)C. The van der Waals surface area contributed by atoms with Crippen molar-refractivity contribution in [3.05, 3.63) is 12.2 Å². The Labute approximate surface area is 90.9 Å². The average Bonchev–Trinajstić information content (AvgIpc) is 2.15. The smallest absolute Gasteiger partial charge is 0.331 e. The van der Waals surface area contributed by atoms with Gasteiger partial charge in [0.1, 0.15) is 0 Å². The van der Waals surface area contributed by atoms with Crippen LogP contribution in [0.1, 0.15) is 27.7 Å². The van der Waals surface area contributed by atoms with Crippen LogP contribution in [-0.2, 0) is 14.3 Å². The molecule has 0 atom stereocenters. The van der Waals surface area contributed by atoms with Gasteiger partial charge in [0.05, 0.1) is 6.10 Å². The molecule has 0 fully saturated rings. The molecule has 0 aliphatic rings. The van der Waals surface area contributed by atoms with Crippen molar-refractivity contribution in [2.75, 3.05) is 13.1 Å². The first kappa shape index (κ1) is 13.7. The topological polar surface area (TPSA) is 46.6 Å². The molecule has 0 saturated carbocycles. The van der Waals surface area contributed by atoms with Crippen molar-refractivity contribution in [2.45, 2.75) is 33.8 Å². The van der Waals surface area contributed by atoms with Crippen molar-refractivity contribution in [3.8, 4) is 0 Å². The first-order chi connectivity index (χ1) is 7.01. The lowest BCUT2D eigenvalue weighted by Crippen LogP contribution is -2.28. The molecule has 0 saturated heterocycles. The highest BCUT2D eigenvalue weighted by atomic mass is 16.5. The maximum absolute atomic E-state index is 11.4. The molecule has 4 heteroatoms. The number of carbonyl (C=O) groups is 2. The summed E-state index contributed by atoms with van der Waals surface area (Å²) in [5.74, 6) is -0.647. The van der Waals surface area contributed by atoms with Gasteiger partial charge in [-0.2, -0.15) is 0 Å². The molecule has 4 nitrogen and oxygen atoms in total. The third-order valence-corrected chi connectivity index (χ3v) is 1.79. The fourth-order valence-corrected chi connectivity index (χ4v) is 1.05. The van der Waals surface area contributed by atoms with Crippen LogP contribution in [-0.4, -0.2) is 36.0 Å². The van der Waals surface area contributed by atoms with Crippen LogP contribution in [0.4, 0.5) is 0 Å². The molecule has 0 aliphatic carbocycles. The molecule has 15 heavy (non-hydrogen) atoms. The van der Waals surface area contributed by atoms with Gasteiger partial charge in [-0.1, -0.05) is 0 Å². The summed E-state index contributed by atoms with van der Waals surface area (Å²) < 4.78 is 4.85. The summed E-state index contributed by atoms with van der Waals surface area (Å²) in [7, 11) is 0. The second-order valence-electron chi connectivity index (χ2n) is 3.33. The van der Waals surface area contributed by atoms with Crippen LogP contribution in [0.15, 0.2) is 12.2 Å². The van der Waals surface area contributed by atoms with Crippen molar-refractivity contribution < 1.29 is 14.3 Å². The quantitative estimate of drug-likeness (QED) is 0.511. The summed E-state index contributed by atoms with van der Waals surface area (Å²) in [4.78, 5) is 24.1. The molecule has 0 N–H and O–H groups in total. The van der Waals surface area contributed by atoms with Gasteiger partial charge in [-0.05, 0) is 27.7 Å². The van der Waals surface area contributed by atoms with Gasteiger partial charge in [0.25, 0.3) is 0 Å². The third-order valence-electron chi connectivity index (χ3n) is 1.79. The maximum atomic E-state index is 11.4. The van der Waals surface area contributed by atoms with E-state index < -0.39 is 5.97 Å². The molecule has 0 aromatic rings. The van der Waals surface area contributed by atoms with Crippen molar-refractivity contribution in [1.29, 1.82) is 0 Å². The van der Waals surface area contributed by atoms with E-state index in [1.54, 1.807) is 18.7 Å². The lowest BCUT2D eigenvalue weighted by Gasteiger charge is -2.15. The number of ether oxygens (including phenoxy) is 1. The minimum Gasteiger partial charge on any atom is -0.460 e. The molecule has 0 unspecified atom stereocenters. The Morgan fingerprint density at radius 2 is 1.73 bits per heavy atom. The third kappa shape index (κ3) is 5.88. The zero-order valence-electron chi connectivity index (χ0n) is 9.82. The van der Waals surface area contributed by atoms with Gasteiger partial charge in [-0.25, -0.2) is 4.79 Å². The van der Waals surface area contributed by atoms with Crippen LogP contribution in [0.25, 0.3) is 0 Å². The summed E-state index contributed by atoms with van der Waals surface area (Å²) in [6.45, 7) is 8.58. The number of amides is 1. The van der Waals surface area contributed by atoms with Crippen LogP contribution in [0.2, 0.25) is 0 Å². The standard InChI is InChI=1S/C11H19NO3/c1-5-12(6-2)10(13)7-8-11(14)15-9(3)4/h7-9H,5-6H2,1-4H3/b8-7-. The largest absolute Gasteiger partial charge is 0.460 e. The van der Waals surface area contributed by atoms with E-state index in [1.807, 2.05) is 13.8 Å². The number of rotatable bonds is 5. The maximum Gasteiger partial charge on any atom is 0.331 e. The van der Waals surface area contributed by atoms with Crippen LogP contribution >= 0.6 is 0 Å². The zero-order chi connectivity index (χ0) is 11.8. The van der Waals surface area contributed by atoms with Crippen LogP contribution in [0.5, 0.6) is 0 Å². The molecule has 0 spiro atoms. The fourth-order valence-electron chi connectivity index (χ4n) is 1.05. The Kier molecular flexibility index (Phi) is 6.42. The number of hydrogen-bond acceptors (Lipinski definition) is 3. The van der Waals surface area contributed by atoms with Crippen molar-refractivity contribution >= 4 is 11.9 Å². The highest BCUT2D eigenvalue weighted by Gasteiger charge is 2.06. The van der Waals surface area contributed by atoms with E-state index >= 15 is 0 Å². The second-order valence-corrected chi connectivity index (χ2v) is 3.33. The van der Waals surface area contributed by atoms with Crippen molar-refractivity contribution in [3.63, 3.8) is 0 Å². The normalized spacial score (nSPS) is 10.7. The lowest BCUT2D eigenvalue weighted by molar-refractivity contribution is -0.141. The molecule has 0 aromatic heterocycles.